The van der Waals surface area contributed by atoms with Crippen LogP contribution in [0, 0.1) is 5.92 Å². The standard InChI is InChI=1S/C20H26N2O6/c1-4-13(2)18(20(26)27-3)21-16(23)12-28-19(25)14-7-9-15(10-8-14)22-11-5-6-17(22)24/h7-10,13,18H,4-6,11-12H2,1-3H3,(H,21,23)/t13-,18-/m0/s1. The van der Waals surface area contributed by atoms with Crippen LogP contribution < -0.4 is 10.2 Å². The van der Waals surface area contributed by atoms with Gasteiger partial charge in [0.15, 0.2) is 6.61 Å². The van der Waals surface area contributed by atoms with E-state index in [0.29, 0.717) is 19.4 Å². The second-order valence-corrected chi connectivity index (χ2v) is 6.73. The summed E-state index contributed by atoms with van der Waals surface area (Å²) in [5, 5.41) is 2.54. The van der Waals surface area contributed by atoms with Crippen LogP contribution in [0.1, 0.15) is 43.5 Å². The molecule has 1 N–H and O–H groups in total. The van der Waals surface area contributed by atoms with Crippen molar-refractivity contribution in [3.63, 3.8) is 0 Å². The minimum atomic E-state index is -0.793. The summed E-state index contributed by atoms with van der Waals surface area (Å²) in [6.45, 7) is 3.88. The van der Waals surface area contributed by atoms with Gasteiger partial charge in [-0.2, -0.15) is 0 Å². The molecule has 0 radical (unpaired) electrons. The van der Waals surface area contributed by atoms with Crippen LogP contribution in [0.15, 0.2) is 24.3 Å². The van der Waals surface area contributed by atoms with Crippen molar-refractivity contribution in [2.24, 2.45) is 5.92 Å². The Morgan fingerprint density at radius 1 is 1.21 bits per heavy atom. The molecular formula is C20H26N2O6. The lowest BCUT2D eigenvalue weighted by molar-refractivity contribution is -0.147. The fourth-order valence-corrected chi connectivity index (χ4v) is 2.92. The molecule has 28 heavy (non-hydrogen) atoms. The Hall–Kier alpha value is -2.90. The molecule has 8 nitrogen and oxygen atoms in total. The van der Waals surface area contributed by atoms with E-state index in [1.54, 1.807) is 29.2 Å². The average Bonchev–Trinajstić information content (AvgIpc) is 3.15. The van der Waals surface area contributed by atoms with Crippen LogP contribution in [-0.2, 0) is 23.9 Å². The third-order valence-corrected chi connectivity index (χ3v) is 4.81. The zero-order valence-corrected chi connectivity index (χ0v) is 16.4. The van der Waals surface area contributed by atoms with Gasteiger partial charge in [-0.25, -0.2) is 9.59 Å². The minimum Gasteiger partial charge on any atom is -0.467 e. The van der Waals surface area contributed by atoms with Crippen LogP contribution in [0.5, 0.6) is 0 Å². The molecule has 0 unspecified atom stereocenters. The van der Waals surface area contributed by atoms with Gasteiger partial charge in [-0.3, -0.25) is 9.59 Å². The van der Waals surface area contributed by atoms with Crippen molar-refractivity contribution in [1.29, 1.82) is 0 Å². The van der Waals surface area contributed by atoms with Crippen molar-refractivity contribution in [3.05, 3.63) is 29.8 Å². The van der Waals surface area contributed by atoms with E-state index in [-0.39, 0.29) is 17.4 Å². The van der Waals surface area contributed by atoms with Crippen LogP contribution in [0.3, 0.4) is 0 Å². The number of anilines is 1. The Morgan fingerprint density at radius 3 is 2.43 bits per heavy atom. The second-order valence-electron chi connectivity index (χ2n) is 6.73. The van der Waals surface area contributed by atoms with Crippen LogP contribution in [0.2, 0.25) is 0 Å². The van der Waals surface area contributed by atoms with E-state index in [1.165, 1.54) is 7.11 Å². The molecule has 0 aliphatic carbocycles. The lowest BCUT2D eigenvalue weighted by Crippen LogP contribution is -2.47. The van der Waals surface area contributed by atoms with Crippen LogP contribution >= 0.6 is 0 Å². The molecular weight excluding hydrogens is 364 g/mol. The van der Waals surface area contributed by atoms with Gasteiger partial charge in [0.1, 0.15) is 6.04 Å². The minimum absolute atomic E-state index is 0.0634. The molecule has 2 atom stereocenters. The first-order chi connectivity index (χ1) is 13.4. The van der Waals surface area contributed by atoms with E-state index >= 15 is 0 Å². The number of carbonyl (C=O) groups is 4. The predicted octanol–water partition coefficient (Wildman–Crippen LogP) is 1.67. The number of esters is 2. The van der Waals surface area contributed by atoms with E-state index in [4.69, 9.17) is 9.47 Å². The maximum Gasteiger partial charge on any atom is 0.338 e. The summed E-state index contributed by atoms with van der Waals surface area (Å²) in [5.41, 5.74) is 1.00. The zero-order chi connectivity index (χ0) is 20.7. The van der Waals surface area contributed by atoms with E-state index in [2.05, 4.69) is 5.32 Å². The Bertz CT molecular complexity index is 731. The summed E-state index contributed by atoms with van der Waals surface area (Å²) < 4.78 is 9.72. The molecule has 1 fully saturated rings. The summed E-state index contributed by atoms with van der Waals surface area (Å²) in [4.78, 5) is 49.4. The highest BCUT2D eigenvalue weighted by Crippen LogP contribution is 2.21. The zero-order valence-electron chi connectivity index (χ0n) is 16.4. The van der Waals surface area contributed by atoms with E-state index in [1.807, 2.05) is 13.8 Å². The third kappa shape index (κ3) is 5.31. The van der Waals surface area contributed by atoms with Crippen molar-refractivity contribution in [2.75, 3.05) is 25.2 Å². The number of amides is 2. The van der Waals surface area contributed by atoms with Gasteiger partial charge in [0.2, 0.25) is 5.91 Å². The second kappa shape index (κ2) is 9.87. The monoisotopic (exact) mass is 390 g/mol. The average molecular weight is 390 g/mol. The largest absolute Gasteiger partial charge is 0.467 e. The Kier molecular flexibility index (Phi) is 7.54. The fourth-order valence-electron chi connectivity index (χ4n) is 2.92. The molecule has 0 spiro atoms. The number of carbonyl (C=O) groups excluding carboxylic acids is 4. The number of hydrogen-bond donors (Lipinski definition) is 1. The first-order valence-electron chi connectivity index (χ1n) is 9.32. The van der Waals surface area contributed by atoms with Crippen LogP contribution in [0.25, 0.3) is 0 Å². The first-order valence-corrected chi connectivity index (χ1v) is 9.32. The van der Waals surface area contributed by atoms with Crippen LogP contribution in [-0.4, -0.2) is 50.1 Å². The van der Waals surface area contributed by atoms with Gasteiger partial charge >= 0.3 is 11.9 Å². The number of benzene rings is 1. The van der Waals surface area contributed by atoms with E-state index in [0.717, 1.165) is 12.1 Å². The van der Waals surface area contributed by atoms with Crippen molar-refractivity contribution in [1.82, 2.24) is 5.32 Å². The molecule has 1 aliphatic rings. The summed E-state index contributed by atoms with van der Waals surface area (Å²) >= 11 is 0. The quantitative estimate of drug-likeness (QED) is 0.678. The third-order valence-electron chi connectivity index (χ3n) is 4.81. The van der Waals surface area contributed by atoms with Crippen molar-refractivity contribution in [2.45, 2.75) is 39.2 Å². The number of methoxy groups -OCH3 is 1. The number of nitrogens with zero attached hydrogens (tertiary/aromatic N) is 1. The van der Waals surface area contributed by atoms with E-state index < -0.39 is 30.5 Å². The Labute approximate surface area is 164 Å². The van der Waals surface area contributed by atoms with Gasteiger partial charge in [-0.1, -0.05) is 20.3 Å². The van der Waals surface area contributed by atoms with Gasteiger partial charge in [0.05, 0.1) is 12.7 Å². The molecule has 1 aromatic carbocycles. The first kappa shape index (κ1) is 21.4. The smallest absolute Gasteiger partial charge is 0.338 e. The molecule has 8 heteroatoms. The van der Waals surface area contributed by atoms with Crippen LogP contribution in [0.4, 0.5) is 5.69 Å². The molecule has 0 saturated carbocycles. The Morgan fingerprint density at radius 2 is 1.89 bits per heavy atom. The molecule has 2 amide bonds. The summed E-state index contributed by atoms with van der Waals surface area (Å²) in [5.74, 6) is -1.83. The SMILES string of the molecule is CC[C@H](C)[C@H](NC(=O)COC(=O)c1ccc(N2CCCC2=O)cc1)C(=O)OC. The number of ether oxygens (including phenoxy) is 2. The summed E-state index contributed by atoms with van der Waals surface area (Å²) in [7, 11) is 1.25. The molecule has 152 valence electrons. The number of rotatable bonds is 8. The van der Waals surface area contributed by atoms with Crippen molar-refractivity contribution in [3.8, 4) is 0 Å². The molecule has 2 rings (SSSR count). The van der Waals surface area contributed by atoms with E-state index in [9.17, 15) is 19.2 Å². The number of hydrogen-bond acceptors (Lipinski definition) is 6. The predicted molar refractivity (Wildman–Crippen MR) is 102 cm³/mol. The van der Waals surface area contributed by atoms with Crippen molar-refractivity contribution < 1.29 is 28.7 Å². The van der Waals surface area contributed by atoms with Gasteiger partial charge < -0.3 is 19.7 Å². The van der Waals surface area contributed by atoms with Gasteiger partial charge in [0.25, 0.3) is 5.91 Å². The normalized spacial score (nSPS) is 15.7. The van der Waals surface area contributed by atoms with Gasteiger partial charge in [-0.05, 0) is 36.6 Å². The lowest BCUT2D eigenvalue weighted by atomic mass is 9.99. The molecule has 1 aromatic rings. The topological polar surface area (TPSA) is 102 Å². The molecule has 0 bridgehead atoms. The van der Waals surface area contributed by atoms with Crippen molar-refractivity contribution >= 4 is 29.4 Å². The highest BCUT2D eigenvalue weighted by atomic mass is 16.5. The van der Waals surface area contributed by atoms with Gasteiger partial charge in [0, 0.05) is 18.7 Å². The summed E-state index contributed by atoms with van der Waals surface area (Å²) in [6.07, 6.45) is 2.02. The molecule has 1 heterocycles. The molecule has 0 aromatic heterocycles. The molecule has 1 saturated heterocycles. The maximum atomic E-state index is 12.1. The Balaban J connectivity index is 1.89. The highest BCUT2D eigenvalue weighted by molar-refractivity contribution is 5.96. The summed E-state index contributed by atoms with van der Waals surface area (Å²) in [6, 6.07) is 5.67. The highest BCUT2D eigenvalue weighted by Gasteiger charge is 2.27. The van der Waals surface area contributed by atoms with Gasteiger partial charge in [-0.15, -0.1) is 0 Å². The lowest BCUT2D eigenvalue weighted by Gasteiger charge is -2.21. The fraction of sp³-hybridized carbons (Fsp3) is 0.500. The number of nitrogens with one attached hydrogen (secondary N) is 1. The molecule has 1 aliphatic heterocycles. The maximum absolute atomic E-state index is 12.1.